The number of para-hydroxylation sites is 2. The molecular weight excluding hydrogens is 403 g/mol. The molecule has 0 unspecified atom stereocenters. The summed E-state index contributed by atoms with van der Waals surface area (Å²) in [6.45, 7) is 3.05. The number of nitrogens with zero attached hydrogens (tertiary/aromatic N) is 2. The molecule has 0 atom stereocenters. The average molecular weight is 423 g/mol. The SMILES string of the molecule is Br.CCCCn1c(SCC(=O)c2ccc(F)cc2)nc2ccccc21. The number of imidazole rings is 1. The topological polar surface area (TPSA) is 34.9 Å². The molecule has 0 amide bonds. The summed E-state index contributed by atoms with van der Waals surface area (Å²) in [5, 5.41) is 0.861. The lowest BCUT2D eigenvalue weighted by atomic mass is 10.1. The number of hydrogen-bond acceptors (Lipinski definition) is 3. The number of ketones is 1. The Bertz CT molecular complexity index is 848. The van der Waals surface area contributed by atoms with Gasteiger partial charge in [0.15, 0.2) is 10.9 Å². The van der Waals surface area contributed by atoms with Crippen LogP contribution < -0.4 is 0 Å². The summed E-state index contributed by atoms with van der Waals surface area (Å²) in [5.74, 6) is -0.0594. The molecule has 3 aromatic rings. The molecule has 0 radical (unpaired) electrons. The van der Waals surface area contributed by atoms with Crippen LogP contribution >= 0.6 is 28.7 Å². The maximum absolute atomic E-state index is 13.0. The summed E-state index contributed by atoms with van der Waals surface area (Å²) in [6, 6.07) is 13.7. The normalized spacial score (nSPS) is 10.6. The zero-order valence-corrected chi connectivity index (χ0v) is 16.5. The van der Waals surface area contributed by atoms with Crippen molar-refractivity contribution in [1.29, 1.82) is 0 Å². The number of unbranched alkanes of at least 4 members (excludes halogenated alkanes) is 1. The van der Waals surface area contributed by atoms with Crippen LogP contribution in [0.15, 0.2) is 53.7 Å². The van der Waals surface area contributed by atoms with Gasteiger partial charge in [-0.25, -0.2) is 9.37 Å². The number of rotatable bonds is 7. The van der Waals surface area contributed by atoms with Gasteiger partial charge >= 0.3 is 0 Å². The number of halogens is 2. The zero-order valence-electron chi connectivity index (χ0n) is 13.9. The molecule has 25 heavy (non-hydrogen) atoms. The van der Waals surface area contributed by atoms with Crippen molar-refractivity contribution in [3.63, 3.8) is 0 Å². The van der Waals surface area contributed by atoms with Gasteiger partial charge in [0.05, 0.1) is 16.8 Å². The first-order chi connectivity index (χ1) is 11.7. The van der Waals surface area contributed by atoms with Crippen LogP contribution in [0.4, 0.5) is 4.39 Å². The molecule has 0 bridgehead atoms. The van der Waals surface area contributed by atoms with Crippen molar-refractivity contribution in [2.75, 3.05) is 5.75 Å². The van der Waals surface area contributed by atoms with E-state index >= 15 is 0 Å². The molecule has 0 fully saturated rings. The van der Waals surface area contributed by atoms with E-state index < -0.39 is 0 Å². The fourth-order valence-corrected chi connectivity index (χ4v) is 3.48. The molecule has 0 aliphatic rings. The predicted molar refractivity (Wildman–Crippen MR) is 106 cm³/mol. The molecule has 0 saturated heterocycles. The number of carbonyl (C=O) groups excluding carboxylic acids is 1. The first-order valence-corrected chi connectivity index (χ1v) is 9.04. The second-order valence-electron chi connectivity index (χ2n) is 5.61. The number of aromatic nitrogens is 2. The second-order valence-corrected chi connectivity index (χ2v) is 6.55. The maximum Gasteiger partial charge on any atom is 0.173 e. The monoisotopic (exact) mass is 422 g/mol. The van der Waals surface area contributed by atoms with Crippen LogP contribution in [0.5, 0.6) is 0 Å². The van der Waals surface area contributed by atoms with E-state index in [1.54, 1.807) is 0 Å². The highest BCUT2D eigenvalue weighted by Crippen LogP contribution is 2.25. The van der Waals surface area contributed by atoms with Crippen molar-refractivity contribution < 1.29 is 9.18 Å². The first kappa shape index (κ1) is 19.7. The molecule has 0 aliphatic heterocycles. The highest BCUT2D eigenvalue weighted by atomic mass is 79.9. The highest BCUT2D eigenvalue weighted by Gasteiger charge is 2.13. The van der Waals surface area contributed by atoms with Crippen molar-refractivity contribution >= 4 is 45.6 Å². The van der Waals surface area contributed by atoms with Crippen molar-refractivity contribution in [2.24, 2.45) is 0 Å². The summed E-state index contributed by atoms with van der Waals surface area (Å²) in [6.07, 6.45) is 2.17. The Kier molecular flexibility index (Phi) is 7.20. The second kappa shape index (κ2) is 9.15. The quantitative estimate of drug-likeness (QED) is 0.370. The first-order valence-electron chi connectivity index (χ1n) is 8.06. The summed E-state index contributed by atoms with van der Waals surface area (Å²) in [4.78, 5) is 16.9. The van der Waals surface area contributed by atoms with Crippen molar-refractivity contribution in [1.82, 2.24) is 9.55 Å². The van der Waals surface area contributed by atoms with E-state index in [4.69, 9.17) is 0 Å². The molecule has 0 spiro atoms. The van der Waals surface area contributed by atoms with Crippen molar-refractivity contribution in [3.8, 4) is 0 Å². The van der Waals surface area contributed by atoms with Gasteiger partial charge in [-0.3, -0.25) is 4.79 Å². The maximum atomic E-state index is 13.0. The number of hydrogen-bond donors (Lipinski definition) is 0. The van der Waals surface area contributed by atoms with Gasteiger partial charge in [-0.05, 0) is 42.8 Å². The molecule has 0 aliphatic carbocycles. The third-order valence-corrected chi connectivity index (χ3v) is 4.83. The summed E-state index contributed by atoms with van der Waals surface area (Å²) in [5.41, 5.74) is 2.58. The Morgan fingerprint density at radius 2 is 1.88 bits per heavy atom. The standard InChI is InChI=1S/C19H19FN2OS.BrH/c1-2-3-12-22-17-7-5-4-6-16(17)21-19(22)24-13-18(23)14-8-10-15(20)11-9-14;/h4-11H,2-3,12-13H2,1H3;1H. The molecule has 132 valence electrons. The molecule has 3 rings (SSSR count). The number of Topliss-reactive ketones (excluding diaryl/α,β-unsaturated/α-hetero) is 1. The van der Waals surface area contributed by atoms with E-state index in [0.717, 1.165) is 35.6 Å². The van der Waals surface area contributed by atoms with E-state index in [1.807, 2.05) is 18.2 Å². The Morgan fingerprint density at radius 1 is 1.16 bits per heavy atom. The van der Waals surface area contributed by atoms with Gasteiger partial charge in [0.1, 0.15) is 5.82 Å². The predicted octanol–water partition coefficient (Wildman–Crippen LogP) is 5.53. The van der Waals surface area contributed by atoms with Crippen LogP contribution in [0.2, 0.25) is 0 Å². The van der Waals surface area contributed by atoms with Crippen LogP contribution in [0, 0.1) is 5.82 Å². The molecule has 0 N–H and O–H groups in total. The van der Waals surface area contributed by atoms with Gasteiger partial charge in [-0.1, -0.05) is 37.2 Å². The lowest BCUT2D eigenvalue weighted by Crippen LogP contribution is -2.05. The smallest absolute Gasteiger partial charge is 0.173 e. The largest absolute Gasteiger partial charge is 0.319 e. The fraction of sp³-hybridized carbons (Fsp3) is 0.263. The van der Waals surface area contributed by atoms with Crippen LogP contribution in [-0.2, 0) is 6.54 Å². The minimum atomic E-state index is -0.333. The molecule has 1 heterocycles. The number of benzene rings is 2. The van der Waals surface area contributed by atoms with Gasteiger partial charge in [0.25, 0.3) is 0 Å². The number of fused-ring (bicyclic) bond motifs is 1. The molecule has 0 saturated carbocycles. The summed E-state index contributed by atoms with van der Waals surface area (Å²) < 4.78 is 15.1. The lowest BCUT2D eigenvalue weighted by molar-refractivity contribution is 0.102. The van der Waals surface area contributed by atoms with Crippen LogP contribution in [0.25, 0.3) is 11.0 Å². The van der Waals surface area contributed by atoms with Gasteiger partial charge in [-0.15, -0.1) is 17.0 Å². The zero-order chi connectivity index (χ0) is 16.9. The van der Waals surface area contributed by atoms with E-state index in [9.17, 15) is 9.18 Å². The summed E-state index contributed by atoms with van der Waals surface area (Å²) in [7, 11) is 0. The number of aryl methyl sites for hydroxylation is 1. The minimum Gasteiger partial charge on any atom is -0.319 e. The minimum absolute atomic E-state index is 0. The Hall–Kier alpha value is -1.66. The van der Waals surface area contributed by atoms with Crippen LogP contribution in [0.3, 0.4) is 0 Å². The third kappa shape index (κ3) is 4.70. The van der Waals surface area contributed by atoms with Crippen LogP contribution in [0.1, 0.15) is 30.1 Å². The van der Waals surface area contributed by atoms with Gasteiger partial charge < -0.3 is 4.57 Å². The molecule has 3 nitrogen and oxygen atoms in total. The highest BCUT2D eigenvalue weighted by molar-refractivity contribution is 8.93. The lowest BCUT2D eigenvalue weighted by Gasteiger charge is -2.08. The Balaban J connectivity index is 0.00000225. The fourth-order valence-electron chi connectivity index (χ4n) is 2.55. The van der Waals surface area contributed by atoms with Gasteiger partial charge in [0, 0.05) is 12.1 Å². The van der Waals surface area contributed by atoms with Gasteiger partial charge in [0.2, 0.25) is 0 Å². The summed E-state index contributed by atoms with van der Waals surface area (Å²) >= 11 is 1.44. The van der Waals surface area contributed by atoms with E-state index in [2.05, 4.69) is 22.5 Å². The van der Waals surface area contributed by atoms with Crippen molar-refractivity contribution in [3.05, 3.63) is 59.9 Å². The third-order valence-electron chi connectivity index (χ3n) is 3.85. The van der Waals surface area contributed by atoms with E-state index in [-0.39, 0.29) is 28.6 Å². The number of thioether (sulfide) groups is 1. The number of carbonyl (C=O) groups is 1. The van der Waals surface area contributed by atoms with Gasteiger partial charge in [-0.2, -0.15) is 0 Å². The Labute approximate surface area is 161 Å². The van der Waals surface area contributed by atoms with E-state index in [0.29, 0.717) is 11.3 Å². The van der Waals surface area contributed by atoms with Crippen LogP contribution in [-0.4, -0.2) is 21.1 Å². The molecule has 6 heteroatoms. The molecular formula is C19H20BrFN2OS. The molecule has 1 aromatic heterocycles. The van der Waals surface area contributed by atoms with Crippen molar-refractivity contribution in [2.45, 2.75) is 31.5 Å². The van der Waals surface area contributed by atoms with E-state index in [1.165, 1.54) is 36.0 Å². The Morgan fingerprint density at radius 3 is 2.60 bits per heavy atom. The average Bonchev–Trinajstić information content (AvgIpc) is 2.96. The molecule has 2 aromatic carbocycles.